The minimum Gasteiger partial charge on any atom is -0.329 e. The van der Waals surface area contributed by atoms with E-state index < -0.39 is 0 Å². The highest BCUT2D eigenvalue weighted by Crippen LogP contribution is 2.41. The van der Waals surface area contributed by atoms with E-state index in [9.17, 15) is 0 Å². The Labute approximate surface area is 124 Å². The van der Waals surface area contributed by atoms with Gasteiger partial charge in [0.1, 0.15) is 0 Å². The van der Waals surface area contributed by atoms with E-state index in [2.05, 4.69) is 46.0 Å². The molecule has 1 aromatic carbocycles. The summed E-state index contributed by atoms with van der Waals surface area (Å²) in [5, 5.41) is 0. The summed E-state index contributed by atoms with van der Waals surface area (Å²) in [7, 11) is 0. The van der Waals surface area contributed by atoms with Crippen molar-refractivity contribution in [2.75, 3.05) is 19.6 Å². The Bertz CT molecular complexity index is 448. The van der Waals surface area contributed by atoms with Crippen molar-refractivity contribution in [1.29, 1.82) is 0 Å². The molecule has 0 spiro atoms. The van der Waals surface area contributed by atoms with Crippen LogP contribution in [-0.2, 0) is 0 Å². The second-order valence-corrected chi connectivity index (χ2v) is 7.04. The zero-order valence-electron chi connectivity index (χ0n) is 11.6. The maximum Gasteiger partial charge on any atom is 0.0481 e. The number of halogens is 1. The molecular formula is C16H23BrN2. The minimum atomic E-state index is 0.376. The summed E-state index contributed by atoms with van der Waals surface area (Å²) >= 11 is 3.71. The molecule has 19 heavy (non-hydrogen) atoms. The van der Waals surface area contributed by atoms with Crippen LogP contribution < -0.4 is 5.73 Å². The van der Waals surface area contributed by atoms with Gasteiger partial charge in [-0.15, -0.1) is 0 Å². The van der Waals surface area contributed by atoms with Gasteiger partial charge in [-0.2, -0.15) is 0 Å². The first-order valence-electron chi connectivity index (χ1n) is 7.39. The highest BCUT2D eigenvalue weighted by Gasteiger charge is 2.38. The second kappa shape index (κ2) is 5.55. The zero-order valence-corrected chi connectivity index (χ0v) is 13.2. The number of nitrogens with zero attached hydrogens (tertiary/aromatic N) is 1. The Morgan fingerprint density at radius 2 is 2.00 bits per heavy atom. The van der Waals surface area contributed by atoms with Crippen molar-refractivity contribution in [3.8, 4) is 0 Å². The lowest BCUT2D eigenvalue weighted by molar-refractivity contribution is 0.231. The van der Waals surface area contributed by atoms with Gasteiger partial charge in [-0.25, -0.2) is 0 Å². The van der Waals surface area contributed by atoms with Crippen molar-refractivity contribution in [3.05, 3.63) is 33.8 Å². The van der Waals surface area contributed by atoms with Crippen molar-refractivity contribution in [2.45, 2.75) is 32.2 Å². The maximum atomic E-state index is 6.08. The predicted octanol–water partition coefficient (Wildman–Crippen LogP) is 3.49. The Morgan fingerprint density at radius 3 is 2.58 bits per heavy atom. The molecule has 2 nitrogen and oxygen atoms in total. The smallest absolute Gasteiger partial charge is 0.0481 e. The molecule has 3 unspecified atom stereocenters. The van der Waals surface area contributed by atoms with E-state index in [1.807, 2.05) is 0 Å². The number of likely N-dealkylation sites (tertiary alicyclic amines) is 1. The number of benzene rings is 1. The summed E-state index contributed by atoms with van der Waals surface area (Å²) in [6.45, 7) is 5.33. The lowest BCUT2D eigenvalue weighted by Gasteiger charge is -2.28. The fourth-order valence-corrected chi connectivity index (χ4v) is 4.66. The molecule has 104 valence electrons. The fraction of sp³-hybridized carbons (Fsp3) is 0.625. The molecule has 0 radical (unpaired) electrons. The lowest BCUT2D eigenvalue weighted by atomic mass is 10.0. The van der Waals surface area contributed by atoms with Gasteiger partial charge >= 0.3 is 0 Å². The van der Waals surface area contributed by atoms with E-state index in [-0.39, 0.29) is 0 Å². The van der Waals surface area contributed by atoms with Gasteiger partial charge in [0.2, 0.25) is 0 Å². The fourth-order valence-electron chi connectivity index (χ4n) is 3.90. The number of hydrogen-bond donors (Lipinski definition) is 1. The molecule has 0 amide bonds. The Balaban J connectivity index is 1.81. The van der Waals surface area contributed by atoms with Gasteiger partial charge in [0.25, 0.3) is 0 Å². The normalized spacial score (nSPS) is 28.6. The van der Waals surface area contributed by atoms with Gasteiger partial charge in [0.05, 0.1) is 0 Å². The SMILES string of the molecule is Cc1ccc(C(CN)N2CC3CCCC3C2)c(Br)c1. The molecule has 0 aromatic heterocycles. The third kappa shape index (κ3) is 2.61. The molecule has 3 rings (SSSR count). The van der Waals surface area contributed by atoms with E-state index in [1.54, 1.807) is 0 Å². The number of fused-ring (bicyclic) bond motifs is 1. The van der Waals surface area contributed by atoms with Gasteiger partial charge < -0.3 is 5.73 Å². The van der Waals surface area contributed by atoms with Crippen LogP contribution in [0.25, 0.3) is 0 Å². The Morgan fingerprint density at radius 1 is 1.32 bits per heavy atom. The molecule has 3 atom stereocenters. The molecule has 1 aliphatic carbocycles. The summed E-state index contributed by atoms with van der Waals surface area (Å²) in [5.41, 5.74) is 8.73. The summed E-state index contributed by atoms with van der Waals surface area (Å²) in [6.07, 6.45) is 4.28. The topological polar surface area (TPSA) is 29.3 Å². The van der Waals surface area contributed by atoms with E-state index in [0.717, 1.165) is 11.8 Å². The minimum absolute atomic E-state index is 0.376. The van der Waals surface area contributed by atoms with E-state index >= 15 is 0 Å². The molecular weight excluding hydrogens is 300 g/mol. The van der Waals surface area contributed by atoms with Crippen LogP contribution in [0.1, 0.15) is 36.4 Å². The second-order valence-electron chi connectivity index (χ2n) is 6.18. The van der Waals surface area contributed by atoms with Gasteiger partial charge in [0, 0.05) is 30.1 Å². The van der Waals surface area contributed by atoms with Gasteiger partial charge in [-0.1, -0.05) is 34.5 Å². The van der Waals surface area contributed by atoms with Gasteiger partial charge in [-0.05, 0) is 48.8 Å². The van der Waals surface area contributed by atoms with Crippen molar-refractivity contribution >= 4 is 15.9 Å². The van der Waals surface area contributed by atoms with Crippen LogP contribution in [0, 0.1) is 18.8 Å². The largest absolute Gasteiger partial charge is 0.329 e. The average Bonchev–Trinajstić information content (AvgIpc) is 2.93. The monoisotopic (exact) mass is 322 g/mol. The van der Waals surface area contributed by atoms with E-state index in [4.69, 9.17) is 5.73 Å². The van der Waals surface area contributed by atoms with Crippen molar-refractivity contribution < 1.29 is 0 Å². The quantitative estimate of drug-likeness (QED) is 0.923. The molecule has 2 aliphatic rings. The van der Waals surface area contributed by atoms with Gasteiger partial charge in [0.15, 0.2) is 0 Å². The van der Waals surface area contributed by atoms with Crippen LogP contribution in [0.5, 0.6) is 0 Å². The average molecular weight is 323 g/mol. The van der Waals surface area contributed by atoms with Crippen molar-refractivity contribution in [2.24, 2.45) is 17.6 Å². The first kappa shape index (κ1) is 13.6. The highest BCUT2D eigenvalue weighted by molar-refractivity contribution is 9.10. The maximum absolute atomic E-state index is 6.08. The molecule has 0 bridgehead atoms. The molecule has 2 fully saturated rings. The predicted molar refractivity (Wildman–Crippen MR) is 83.1 cm³/mol. The standard InChI is InChI=1S/C16H23BrN2/c1-11-5-6-14(15(17)7-11)16(8-18)19-9-12-3-2-4-13(12)10-19/h5-7,12-13,16H,2-4,8-10,18H2,1H3. The van der Waals surface area contributed by atoms with Crippen LogP contribution in [0.2, 0.25) is 0 Å². The summed E-state index contributed by atoms with van der Waals surface area (Å²) in [5.74, 6) is 1.86. The summed E-state index contributed by atoms with van der Waals surface area (Å²) in [4.78, 5) is 2.62. The van der Waals surface area contributed by atoms with Crippen LogP contribution in [0.3, 0.4) is 0 Å². The third-order valence-corrected chi connectivity index (χ3v) is 5.62. The number of aryl methyl sites for hydroxylation is 1. The van der Waals surface area contributed by atoms with Crippen LogP contribution >= 0.6 is 15.9 Å². The first-order valence-corrected chi connectivity index (χ1v) is 8.18. The molecule has 1 aromatic rings. The molecule has 1 aliphatic heterocycles. The Hall–Kier alpha value is -0.380. The first-order chi connectivity index (χ1) is 9.19. The van der Waals surface area contributed by atoms with Crippen molar-refractivity contribution in [3.63, 3.8) is 0 Å². The number of nitrogens with two attached hydrogens (primary N) is 1. The van der Waals surface area contributed by atoms with Crippen LogP contribution in [-0.4, -0.2) is 24.5 Å². The van der Waals surface area contributed by atoms with Crippen molar-refractivity contribution in [1.82, 2.24) is 4.90 Å². The number of rotatable bonds is 3. The molecule has 1 heterocycles. The lowest BCUT2D eigenvalue weighted by Crippen LogP contribution is -2.33. The van der Waals surface area contributed by atoms with E-state index in [0.29, 0.717) is 12.6 Å². The third-order valence-electron chi connectivity index (χ3n) is 4.93. The highest BCUT2D eigenvalue weighted by atomic mass is 79.9. The number of hydrogen-bond acceptors (Lipinski definition) is 2. The van der Waals surface area contributed by atoms with Crippen LogP contribution in [0.15, 0.2) is 22.7 Å². The summed E-state index contributed by atoms with van der Waals surface area (Å²) < 4.78 is 1.21. The summed E-state index contributed by atoms with van der Waals surface area (Å²) in [6, 6.07) is 7.01. The molecule has 1 saturated carbocycles. The molecule has 3 heteroatoms. The van der Waals surface area contributed by atoms with E-state index in [1.165, 1.54) is 48.0 Å². The Kier molecular flexibility index (Phi) is 3.97. The van der Waals surface area contributed by atoms with Crippen LogP contribution in [0.4, 0.5) is 0 Å². The van der Waals surface area contributed by atoms with Gasteiger partial charge in [-0.3, -0.25) is 4.90 Å². The molecule has 2 N–H and O–H groups in total. The molecule has 1 saturated heterocycles. The zero-order chi connectivity index (χ0) is 13.4.